The molecule has 0 saturated carbocycles. The molecule has 0 aromatic heterocycles. The van der Waals surface area contributed by atoms with Gasteiger partial charge in [0.1, 0.15) is 0 Å². The van der Waals surface area contributed by atoms with Crippen molar-refractivity contribution in [3.05, 3.63) is 141 Å². The zero-order valence-electron chi connectivity index (χ0n) is 48.5. The summed E-state index contributed by atoms with van der Waals surface area (Å²) in [5, 5.41) is 27.7. The van der Waals surface area contributed by atoms with Gasteiger partial charge in [0.15, 0.2) is 0 Å². The molecule has 402 valence electrons. The number of aliphatic hydroxyl groups excluding tert-OH is 2. The number of rotatable bonds is 21. The topological polar surface area (TPSA) is 88.4 Å². The van der Waals surface area contributed by atoms with Crippen LogP contribution in [0.5, 0.6) is 0 Å². The normalized spacial score (nSPS) is 11.3. The maximum atomic E-state index is 9.39. The average molecular weight is 1000 g/mol. The van der Waals surface area contributed by atoms with Crippen LogP contribution in [0.3, 0.4) is 0 Å². The summed E-state index contributed by atoms with van der Waals surface area (Å²) in [6.07, 6.45) is 10.9. The van der Waals surface area contributed by atoms with E-state index in [1.807, 2.05) is 107 Å². The molecule has 0 fully saturated rings. The van der Waals surface area contributed by atoms with Crippen LogP contribution in [-0.2, 0) is 34.0 Å². The first-order valence-electron chi connectivity index (χ1n) is 27.2. The van der Waals surface area contributed by atoms with Gasteiger partial charge in [-0.25, -0.2) is 0 Å². The predicted molar refractivity (Wildman–Crippen MR) is 309 cm³/mol. The van der Waals surface area contributed by atoms with E-state index in [1.54, 1.807) is 0 Å². The smallest absolute Gasteiger partial charge is 0.0724 e. The SMILES string of the molecule is CCCC(C)(C)O.CCCC(C)(C)OCCC(C)(C)OCc1ccc(C#Cc2cc(C#Cc3ccc(CO)cc3)cc(C#Cc3ccc(COC(C)(C)CCO)cc3)c2)cc1.CCCC(C)C.CCCC(C)C. The van der Waals surface area contributed by atoms with Crippen molar-refractivity contribution in [3.63, 3.8) is 0 Å². The first-order valence-corrected chi connectivity index (χ1v) is 27.2. The average Bonchev–Trinajstić information content (AvgIpc) is 3.31. The van der Waals surface area contributed by atoms with E-state index in [9.17, 15) is 10.2 Å². The Bertz CT molecular complexity index is 2260. The second-order valence-electron chi connectivity index (χ2n) is 22.4. The van der Waals surface area contributed by atoms with Crippen molar-refractivity contribution >= 4 is 0 Å². The number of ether oxygens (including phenoxy) is 3. The summed E-state index contributed by atoms with van der Waals surface area (Å²) < 4.78 is 18.4. The lowest BCUT2D eigenvalue weighted by atomic mass is 10.0. The second-order valence-corrected chi connectivity index (χ2v) is 22.4. The van der Waals surface area contributed by atoms with E-state index in [0.29, 0.717) is 26.2 Å². The van der Waals surface area contributed by atoms with Crippen LogP contribution in [0.4, 0.5) is 0 Å². The maximum absolute atomic E-state index is 9.39. The van der Waals surface area contributed by atoms with E-state index in [1.165, 1.54) is 25.7 Å². The molecule has 73 heavy (non-hydrogen) atoms. The standard InChI is InChI=1S/C49H56O5.C6H14O.2C6H14/c1-8-27-47(2,3)52-31-29-49(6,7)54-37-43-22-13-40(14-23-43)17-26-46-33-44(24-15-38-9-18-41(35-51)19-10-38)32-45(34-46)25-16-39-11-20-42(21-12-39)36-53-48(4,5)28-30-50;1-4-5-6(2,3)7;2*1-4-5-6(2)3/h9-14,18-23,32-34,50-51H,8,27-31,35-37H2,1-7H3;7H,4-5H2,1-3H3;2*6H,4-5H2,1-3H3. The molecule has 0 aliphatic carbocycles. The summed E-state index contributed by atoms with van der Waals surface area (Å²) >= 11 is 0. The Kier molecular flexibility index (Phi) is 32.3. The van der Waals surface area contributed by atoms with Crippen LogP contribution in [0, 0.1) is 47.4 Å². The third-order valence-corrected chi connectivity index (χ3v) is 11.6. The quantitative estimate of drug-likeness (QED) is 0.0721. The summed E-state index contributed by atoms with van der Waals surface area (Å²) in [5.74, 6) is 21.5. The summed E-state index contributed by atoms with van der Waals surface area (Å²) in [5.41, 5.74) is 6.83. The van der Waals surface area contributed by atoms with Gasteiger partial charge in [0.05, 0.1) is 48.8 Å². The number of aliphatic hydroxyl groups is 3. The molecule has 3 N–H and O–H groups in total. The first-order chi connectivity index (χ1) is 34.4. The molecule has 4 aromatic carbocycles. The van der Waals surface area contributed by atoms with E-state index in [0.717, 1.165) is 94.0 Å². The van der Waals surface area contributed by atoms with Crippen molar-refractivity contribution in [2.45, 2.75) is 217 Å². The molecular weight excluding hydrogens is 901 g/mol. The van der Waals surface area contributed by atoms with Gasteiger partial charge in [-0.2, -0.15) is 0 Å². The minimum atomic E-state index is -0.450. The Morgan fingerprint density at radius 2 is 0.740 bits per heavy atom. The van der Waals surface area contributed by atoms with Gasteiger partial charge in [-0.05, 0) is 164 Å². The summed E-state index contributed by atoms with van der Waals surface area (Å²) in [6.45, 7) is 35.6. The van der Waals surface area contributed by atoms with Crippen molar-refractivity contribution in [2.75, 3.05) is 13.2 Å². The molecule has 0 aliphatic rings. The van der Waals surface area contributed by atoms with E-state index >= 15 is 0 Å². The van der Waals surface area contributed by atoms with Crippen molar-refractivity contribution in [2.24, 2.45) is 11.8 Å². The highest BCUT2D eigenvalue weighted by molar-refractivity contribution is 5.55. The zero-order valence-corrected chi connectivity index (χ0v) is 48.5. The van der Waals surface area contributed by atoms with Gasteiger partial charge in [0.25, 0.3) is 0 Å². The molecule has 0 spiro atoms. The minimum Gasteiger partial charge on any atom is -0.396 e. The second kappa shape index (κ2) is 35.5. The van der Waals surface area contributed by atoms with Crippen molar-refractivity contribution in [1.29, 1.82) is 0 Å². The van der Waals surface area contributed by atoms with Crippen LogP contribution in [0.15, 0.2) is 91.0 Å². The molecule has 0 aliphatic heterocycles. The largest absolute Gasteiger partial charge is 0.396 e. The van der Waals surface area contributed by atoms with Crippen LogP contribution in [0.1, 0.15) is 225 Å². The highest BCUT2D eigenvalue weighted by Crippen LogP contribution is 2.22. The lowest BCUT2D eigenvalue weighted by Gasteiger charge is -2.29. The Morgan fingerprint density at radius 1 is 0.411 bits per heavy atom. The molecule has 4 aromatic rings. The number of benzene rings is 4. The van der Waals surface area contributed by atoms with Gasteiger partial charge < -0.3 is 29.5 Å². The van der Waals surface area contributed by atoms with Crippen LogP contribution < -0.4 is 0 Å². The molecule has 6 nitrogen and oxygen atoms in total. The lowest BCUT2D eigenvalue weighted by Crippen LogP contribution is -2.30. The first kappa shape index (κ1) is 66.3. The molecule has 0 atom stereocenters. The summed E-state index contributed by atoms with van der Waals surface area (Å²) in [4.78, 5) is 0. The highest BCUT2D eigenvalue weighted by atomic mass is 16.5. The van der Waals surface area contributed by atoms with Gasteiger partial charge >= 0.3 is 0 Å². The monoisotopic (exact) mass is 999 g/mol. The van der Waals surface area contributed by atoms with Gasteiger partial charge in [-0.15, -0.1) is 0 Å². The summed E-state index contributed by atoms with van der Waals surface area (Å²) in [6, 6.07) is 29.7. The molecule has 0 radical (unpaired) electrons. The zero-order chi connectivity index (χ0) is 54.9. The Morgan fingerprint density at radius 3 is 1.01 bits per heavy atom. The summed E-state index contributed by atoms with van der Waals surface area (Å²) in [7, 11) is 0. The Balaban J connectivity index is 0.00000118. The van der Waals surface area contributed by atoms with Crippen molar-refractivity contribution in [3.8, 4) is 35.5 Å². The third-order valence-electron chi connectivity index (χ3n) is 11.6. The van der Waals surface area contributed by atoms with E-state index in [2.05, 4.69) is 131 Å². The fourth-order valence-corrected chi connectivity index (χ4v) is 7.32. The van der Waals surface area contributed by atoms with Crippen LogP contribution in [-0.4, -0.2) is 50.9 Å². The van der Waals surface area contributed by atoms with Gasteiger partial charge in [0, 0.05) is 40.0 Å². The molecule has 0 bridgehead atoms. The Labute approximate surface area is 446 Å². The van der Waals surface area contributed by atoms with Crippen molar-refractivity contribution in [1.82, 2.24) is 0 Å². The van der Waals surface area contributed by atoms with Crippen molar-refractivity contribution < 1.29 is 29.5 Å². The predicted octanol–water partition coefficient (Wildman–Crippen LogP) is 15.8. The molecule has 0 unspecified atom stereocenters. The third kappa shape index (κ3) is 33.7. The molecular formula is C67H98O6. The van der Waals surface area contributed by atoms with Gasteiger partial charge in [0.2, 0.25) is 0 Å². The minimum absolute atomic E-state index is 0.00172. The fraction of sp³-hybridized carbons (Fsp3) is 0.552. The molecule has 0 saturated heterocycles. The van der Waals surface area contributed by atoms with E-state index in [-0.39, 0.29) is 30.0 Å². The van der Waals surface area contributed by atoms with Crippen LogP contribution >= 0.6 is 0 Å². The molecule has 4 rings (SSSR count). The highest BCUT2D eigenvalue weighted by Gasteiger charge is 2.22. The van der Waals surface area contributed by atoms with Gasteiger partial charge in [-0.1, -0.05) is 166 Å². The fourth-order valence-electron chi connectivity index (χ4n) is 7.32. The number of hydrogen-bond donors (Lipinski definition) is 3. The van der Waals surface area contributed by atoms with Crippen LogP contribution in [0.25, 0.3) is 0 Å². The molecule has 6 heteroatoms. The number of hydrogen-bond acceptors (Lipinski definition) is 6. The van der Waals surface area contributed by atoms with E-state index in [4.69, 9.17) is 19.3 Å². The van der Waals surface area contributed by atoms with Crippen LogP contribution in [0.2, 0.25) is 0 Å². The van der Waals surface area contributed by atoms with Gasteiger partial charge in [-0.3, -0.25) is 0 Å². The molecule has 0 heterocycles. The van der Waals surface area contributed by atoms with E-state index < -0.39 is 5.60 Å². The Hall–Kier alpha value is -4.68. The molecule has 0 amide bonds. The maximum Gasteiger partial charge on any atom is 0.0724 e. The lowest BCUT2D eigenvalue weighted by molar-refractivity contribution is -0.0800.